The number of para-hydroxylation sites is 1. The third-order valence-corrected chi connectivity index (χ3v) is 8.06. The van der Waals surface area contributed by atoms with Crippen molar-refractivity contribution >= 4 is 66.7 Å². The summed E-state index contributed by atoms with van der Waals surface area (Å²) in [5.74, 6) is -0.967. The number of halogens is 3. The molecule has 0 spiro atoms. The first-order chi connectivity index (χ1) is 17.5. The van der Waals surface area contributed by atoms with Crippen LogP contribution in [-0.4, -0.2) is 51.0 Å². The van der Waals surface area contributed by atoms with Crippen LogP contribution in [0.4, 0.5) is 5.69 Å². The minimum Gasteiger partial charge on any atom is -0.357 e. The van der Waals surface area contributed by atoms with Gasteiger partial charge in [0.2, 0.25) is 21.8 Å². The normalized spacial score (nSPS) is 12.0. The average molecular weight is 627 g/mol. The number of hydrogen-bond acceptors (Lipinski definition) is 4. The molecule has 0 aliphatic rings. The van der Waals surface area contributed by atoms with E-state index < -0.39 is 34.4 Å². The fourth-order valence-electron chi connectivity index (χ4n) is 3.80. The Morgan fingerprint density at radius 1 is 1.00 bits per heavy atom. The van der Waals surface area contributed by atoms with E-state index in [1.807, 2.05) is 30.3 Å². The Morgan fingerprint density at radius 3 is 2.24 bits per heavy atom. The Labute approximate surface area is 235 Å². The van der Waals surface area contributed by atoms with Crippen LogP contribution >= 0.6 is 39.1 Å². The van der Waals surface area contributed by atoms with E-state index in [0.29, 0.717) is 25.8 Å². The highest BCUT2D eigenvalue weighted by Crippen LogP contribution is 2.29. The largest absolute Gasteiger partial charge is 0.357 e. The number of nitrogens with zero attached hydrogens (tertiary/aromatic N) is 2. The van der Waals surface area contributed by atoms with Crippen molar-refractivity contribution in [3.63, 3.8) is 0 Å². The van der Waals surface area contributed by atoms with Crippen molar-refractivity contribution < 1.29 is 18.0 Å². The van der Waals surface area contributed by atoms with Gasteiger partial charge in [-0.3, -0.25) is 13.9 Å². The van der Waals surface area contributed by atoms with Crippen LogP contribution in [0.5, 0.6) is 0 Å². The molecule has 1 atom stereocenters. The van der Waals surface area contributed by atoms with Crippen LogP contribution in [0.25, 0.3) is 0 Å². The van der Waals surface area contributed by atoms with Crippen molar-refractivity contribution in [2.45, 2.75) is 19.0 Å². The third kappa shape index (κ3) is 7.70. The Kier molecular flexibility index (Phi) is 10.0. The highest BCUT2D eigenvalue weighted by Gasteiger charge is 2.33. The van der Waals surface area contributed by atoms with Gasteiger partial charge in [0.1, 0.15) is 12.6 Å². The Morgan fingerprint density at radius 2 is 1.65 bits per heavy atom. The van der Waals surface area contributed by atoms with Gasteiger partial charge in [0.15, 0.2) is 0 Å². The van der Waals surface area contributed by atoms with Crippen LogP contribution in [-0.2, 0) is 32.6 Å². The van der Waals surface area contributed by atoms with Crippen LogP contribution < -0.4 is 9.62 Å². The summed E-state index contributed by atoms with van der Waals surface area (Å²) in [5.41, 5.74) is 1.71. The van der Waals surface area contributed by atoms with Gasteiger partial charge in [-0.25, -0.2) is 8.42 Å². The molecule has 0 unspecified atom stereocenters. The first kappa shape index (κ1) is 29.0. The van der Waals surface area contributed by atoms with Crippen LogP contribution in [0.3, 0.4) is 0 Å². The predicted octanol–water partition coefficient (Wildman–Crippen LogP) is 4.91. The fraction of sp³-hybridized carbons (Fsp3) is 0.231. The number of amides is 2. The quantitative estimate of drug-likeness (QED) is 0.347. The van der Waals surface area contributed by atoms with Gasteiger partial charge in [0.25, 0.3) is 0 Å². The van der Waals surface area contributed by atoms with Crippen molar-refractivity contribution in [2.24, 2.45) is 0 Å². The standard InChI is InChI=1S/C26H26BrCl2N3O4S/c1-30-26(34)24(14-18-8-4-3-5-9-18)31(16-19-12-13-20(28)15-22(19)29)25(33)17-32(37(2,35)36)23-11-7-6-10-21(23)27/h3-13,15,24H,14,16-17H2,1-2H3,(H,30,34)/t24-/m1/s1. The number of sulfonamides is 1. The molecule has 0 saturated heterocycles. The van der Waals surface area contributed by atoms with E-state index in [1.165, 1.54) is 11.9 Å². The number of anilines is 1. The van der Waals surface area contributed by atoms with Crippen molar-refractivity contribution in [2.75, 3.05) is 24.2 Å². The molecule has 196 valence electrons. The maximum atomic E-state index is 13.9. The van der Waals surface area contributed by atoms with Crippen molar-refractivity contribution in [1.82, 2.24) is 10.2 Å². The van der Waals surface area contributed by atoms with Gasteiger partial charge in [0, 0.05) is 34.5 Å². The van der Waals surface area contributed by atoms with Crippen molar-refractivity contribution in [3.8, 4) is 0 Å². The van der Waals surface area contributed by atoms with Crippen LogP contribution in [0.1, 0.15) is 11.1 Å². The first-order valence-electron chi connectivity index (χ1n) is 11.2. The van der Waals surface area contributed by atoms with Gasteiger partial charge in [-0.15, -0.1) is 0 Å². The molecule has 0 fully saturated rings. The van der Waals surface area contributed by atoms with Gasteiger partial charge in [-0.2, -0.15) is 0 Å². The lowest BCUT2D eigenvalue weighted by molar-refractivity contribution is -0.139. The molecule has 0 bridgehead atoms. The lowest BCUT2D eigenvalue weighted by Crippen LogP contribution is -2.53. The average Bonchev–Trinajstić information content (AvgIpc) is 2.85. The Bertz CT molecular complexity index is 1370. The van der Waals surface area contributed by atoms with Gasteiger partial charge in [-0.05, 0) is 51.3 Å². The molecule has 0 radical (unpaired) electrons. The zero-order valence-corrected chi connectivity index (χ0v) is 24.1. The zero-order chi connectivity index (χ0) is 27.2. The monoisotopic (exact) mass is 625 g/mol. The summed E-state index contributed by atoms with van der Waals surface area (Å²) in [6.07, 6.45) is 1.24. The highest BCUT2D eigenvalue weighted by molar-refractivity contribution is 9.10. The molecule has 1 N–H and O–H groups in total. The Balaban J connectivity index is 2.06. The maximum Gasteiger partial charge on any atom is 0.244 e. The number of nitrogens with one attached hydrogen (secondary N) is 1. The second-order valence-electron chi connectivity index (χ2n) is 8.30. The van der Waals surface area contributed by atoms with Gasteiger partial charge in [-0.1, -0.05) is 71.7 Å². The molecule has 0 saturated carbocycles. The zero-order valence-electron chi connectivity index (χ0n) is 20.2. The molecular weight excluding hydrogens is 601 g/mol. The van der Waals surface area contributed by atoms with E-state index in [2.05, 4.69) is 21.2 Å². The summed E-state index contributed by atoms with van der Waals surface area (Å²) in [6.45, 7) is -0.553. The van der Waals surface area contributed by atoms with E-state index in [0.717, 1.165) is 16.1 Å². The van der Waals surface area contributed by atoms with E-state index in [4.69, 9.17) is 23.2 Å². The van der Waals surface area contributed by atoms with E-state index >= 15 is 0 Å². The SMILES string of the molecule is CNC(=O)[C@@H](Cc1ccccc1)N(Cc1ccc(Cl)cc1Cl)C(=O)CN(c1ccccc1Br)S(C)(=O)=O. The van der Waals surface area contributed by atoms with Crippen LogP contribution in [0.2, 0.25) is 10.0 Å². The molecule has 3 rings (SSSR count). The molecule has 0 heterocycles. The fourth-order valence-corrected chi connectivity index (χ4v) is 5.75. The molecule has 3 aromatic carbocycles. The molecule has 37 heavy (non-hydrogen) atoms. The summed E-state index contributed by atoms with van der Waals surface area (Å²) in [4.78, 5) is 28.3. The number of likely N-dealkylation sites (N-methyl/N-ethyl adjacent to an activating group) is 1. The molecule has 0 aromatic heterocycles. The lowest BCUT2D eigenvalue weighted by atomic mass is 10.0. The van der Waals surface area contributed by atoms with Gasteiger partial charge >= 0.3 is 0 Å². The smallest absolute Gasteiger partial charge is 0.244 e. The van der Waals surface area contributed by atoms with Gasteiger partial charge in [0.05, 0.1) is 11.9 Å². The molecule has 0 aliphatic carbocycles. The second-order valence-corrected chi connectivity index (χ2v) is 11.9. The summed E-state index contributed by atoms with van der Waals surface area (Å²) < 4.78 is 27.0. The number of hydrogen-bond donors (Lipinski definition) is 1. The van der Waals surface area contributed by atoms with Crippen LogP contribution in [0, 0.1) is 0 Å². The van der Waals surface area contributed by atoms with E-state index in [-0.39, 0.29) is 13.0 Å². The summed E-state index contributed by atoms with van der Waals surface area (Å²) in [7, 11) is -2.37. The van der Waals surface area contributed by atoms with Crippen LogP contribution in [0.15, 0.2) is 77.3 Å². The summed E-state index contributed by atoms with van der Waals surface area (Å²) >= 11 is 15.8. The number of rotatable bonds is 10. The molecule has 11 heteroatoms. The minimum atomic E-state index is -3.85. The van der Waals surface area contributed by atoms with Crippen molar-refractivity contribution in [3.05, 3.63) is 98.4 Å². The third-order valence-electron chi connectivity index (χ3n) is 5.67. The molecule has 7 nitrogen and oxygen atoms in total. The van der Waals surface area contributed by atoms with E-state index in [9.17, 15) is 18.0 Å². The number of benzene rings is 3. The molecule has 3 aromatic rings. The summed E-state index contributed by atoms with van der Waals surface area (Å²) in [5, 5.41) is 3.38. The first-order valence-corrected chi connectivity index (χ1v) is 14.6. The van der Waals surface area contributed by atoms with Gasteiger partial charge < -0.3 is 10.2 Å². The molecular formula is C26H26BrCl2N3O4S. The topological polar surface area (TPSA) is 86.8 Å². The maximum absolute atomic E-state index is 13.9. The lowest BCUT2D eigenvalue weighted by Gasteiger charge is -2.33. The predicted molar refractivity (Wildman–Crippen MR) is 151 cm³/mol. The highest BCUT2D eigenvalue weighted by atomic mass is 79.9. The second kappa shape index (κ2) is 12.8. The minimum absolute atomic E-state index is 0.0344. The van der Waals surface area contributed by atoms with Crippen molar-refractivity contribution in [1.29, 1.82) is 0 Å². The van der Waals surface area contributed by atoms with E-state index in [1.54, 1.807) is 42.5 Å². The molecule has 2 amide bonds. The molecule has 0 aliphatic heterocycles. The Hall–Kier alpha value is -2.59. The number of carbonyl (C=O) groups is 2. The summed E-state index contributed by atoms with van der Waals surface area (Å²) in [6, 6.07) is 19.9. The number of carbonyl (C=O) groups excluding carboxylic acids is 2.